The van der Waals surface area contributed by atoms with Crippen molar-refractivity contribution in [2.45, 2.75) is 6.92 Å². The number of aromatic amines is 1. The molecule has 0 unspecified atom stereocenters. The number of nitrogen functional groups attached to an aromatic ring is 1. The molecule has 3 rings (SSSR count). The first-order valence-electron chi connectivity index (χ1n) is 5.73. The first-order valence-corrected chi connectivity index (χ1v) is 6.52. The number of H-pyrrole nitrogens is 1. The third-order valence-electron chi connectivity index (χ3n) is 2.75. The number of halogens is 1. The maximum absolute atomic E-state index is 11.5. The van der Waals surface area contributed by atoms with Crippen molar-refractivity contribution in [3.63, 3.8) is 0 Å². The molecule has 0 saturated heterocycles. The van der Waals surface area contributed by atoms with Crippen molar-refractivity contribution < 1.29 is 4.74 Å². The van der Waals surface area contributed by atoms with E-state index in [1.165, 1.54) is 4.40 Å². The third kappa shape index (κ3) is 2.03. The van der Waals surface area contributed by atoms with Crippen LogP contribution in [-0.2, 0) is 0 Å². The van der Waals surface area contributed by atoms with Gasteiger partial charge in [-0.3, -0.25) is 0 Å². The van der Waals surface area contributed by atoms with Gasteiger partial charge in [0, 0.05) is 11.8 Å². The number of nitrogens with one attached hydrogen (secondary N) is 1. The summed E-state index contributed by atoms with van der Waals surface area (Å²) in [4.78, 5) is 15.7. The monoisotopic (exact) mass is 335 g/mol. The van der Waals surface area contributed by atoms with E-state index in [0.717, 1.165) is 0 Å². The van der Waals surface area contributed by atoms with Crippen LogP contribution in [0.15, 0.2) is 33.5 Å². The van der Waals surface area contributed by atoms with E-state index in [0.29, 0.717) is 33.3 Å². The van der Waals surface area contributed by atoms with Crippen molar-refractivity contribution in [3.8, 4) is 11.6 Å². The summed E-state index contributed by atoms with van der Waals surface area (Å²) < 4.78 is 7.69. The van der Waals surface area contributed by atoms with Crippen LogP contribution in [-0.4, -0.2) is 19.6 Å². The molecule has 0 spiro atoms. The van der Waals surface area contributed by atoms with Crippen molar-refractivity contribution in [2.75, 3.05) is 5.73 Å². The fourth-order valence-corrected chi connectivity index (χ4v) is 2.19. The van der Waals surface area contributed by atoms with Crippen molar-refractivity contribution in [3.05, 3.63) is 45.0 Å². The molecular formula is C12H10BrN5O2. The second kappa shape index (κ2) is 4.64. The predicted octanol–water partition coefficient (Wildman–Crippen LogP) is 1.86. The molecule has 0 fully saturated rings. The molecule has 0 radical (unpaired) electrons. The van der Waals surface area contributed by atoms with Crippen molar-refractivity contribution in [1.82, 2.24) is 19.6 Å². The highest BCUT2D eigenvalue weighted by atomic mass is 79.9. The normalized spacial score (nSPS) is 10.9. The Labute approximate surface area is 121 Å². The molecule has 2 heterocycles. The molecule has 0 amide bonds. The van der Waals surface area contributed by atoms with Crippen LogP contribution >= 0.6 is 15.9 Å². The van der Waals surface area contributed by atoms with E-state index < -0.39 is 0 Å². The van der Waals surface area contributed by atoms with Crippen LogP contribution in [0.4, 0.5) is 5.69 Å². The lowest BCUT2D eigenvalue weighted by Gasteiger charge is -2.09. The van der Waals surface area contributed by atoms with Gasteiger partial charge in [0.1, 0.15) is 11.6 Å². The molecule has 2 aromatic heterocycles. The van der Waals surface area contributed by atoms with Gasteiger partial charge in [0.15, 0.2) is 5.65 Å². The highest BCUT2D eigenvalue weighted by molar-refractivity contribution is 9.10. The van der Waals surface area contributed by atoms with Crippen molar-refractivity contribution >= 4 is 27.3 Å². The minimum Gasteiger partial charge on any atom is -0.438 e. The van der Waals surface area contributed by atoms with E-state index >= 15 is 0 Å². The van der Waals surface area contributed by atoms with Crippen LogP contribution in [0.1, 0.15) is 5.82 Å². The molecule has 102 valence electrons. The number of nitrogens with two attached hydrogens (primary N) is 1. The van der Waals surface area contributed by atoms with E-state index in [-0.39, 0.29) is 5.69 Å². The Hall–Kier alpha value is -2.35. The fourth-order valence-electron chi connectivity index (χ4n) is 1.84. The van der Waals surface area contributed by atoms with E-state index in [2.05, 4.69) is 31.1 Å². The zero-order valence-corrected chi connectivity index (χ0v) is 12.0. The molecule has 1 aromatic carbocycles. The van der Waals surface area contributed by atoms with Crippen molar-refractivity contribution in [1.29, 1.82) is 0 Å². The number of aryl methyl sites for hydroxylation is 1. The second-order valence-corrected chi connectivity index (χ2v) is 4.92. The Morgan fingerprint density at radius 2 is 2.25 bits per heavy atom. The molecule has 3 N–H and O–H groups in total. The van der Waals surface area contributed by atoms with Gasteiger partial charge in [0.2, 0.25) is 5.88 Å². The van der Waals surface area contributed by atoms with Gasteiger partial charge >= 0.3 is 5.69 Å². The molecule has 0 aliphatic carbocycles. The number of fused-ring (bicyclic) bond motifs is 1. The standard InChI is InChI=1S/C12H10BrN5O2/c1-6-15-10(5-9-16-17-12(19)18(6)9)20-8-4-2-3-7(14)11(8)13/h2-5H,14H2,1H3,(H,17,19). The summed E-state index contributed by atoms with van der Waals surface area (Å²) in [7, 11) is 0. The number of hydrogen-bond acceptors (Lipinski definition) is 5. The van der Waals surface area contributed by atoms with Crippen LogP contribution in [0.25, 0.3) is 5.65 Å². The number of ether oxygens (including phenoxy) is 1. The summed E-state index contributed by atoms with van der Waals surface area (Å²) in [6.45, 7) is 1.70. The minimum atomic E-state index is -0.332. The van der Waals surface area contributed by atoms with Crippen LogP contribution in [0.2, 0.25) is 0 Å². The fraction of sp³-hybridized carbons (Fsp3) is 0.0833. The lowest BCUT2D eigenvalue weighted by atomic mass is 10.3. The summed E-state index contributed by atoms with van der Waals surface area (Å²) in [6, 6.07) is 6.87. The number of benzene rings is 1. The van der Waals surface area contributed by atoms with E-state index in [9.17, 15) is 4.79 Å². The number of nitrogens with zero attached hydrogens (tertiary/aromatic N) is 3. The van der Waals surface area contributed by atoms with Crippen LogP contribution in [0, 0.1) is 6.92 Å². The van der Waals surface area contributed by atoms with E-state index in [4.69, 9.17) is 10.5 Å². The highest BCUT2D eigenvalue weighted by Gasteiger charge is 2.10. The van der Waals surface area contributed by atoms with Gasteiger partial charge in [-0.15, -0.1) is 0 Å². The third-order valence-corrected chi connectivity index (χ3v) is 3.60. The summed E-state index contributed by atoms with van der Waals surface area (Å²) in [5.74, 6) is 1.36. The van der Waals surface area contributed by atoms with Gasteiger partial charge in [0.25, 0.3) is 0 Å². The smallest absolute Gasteiger partial charge is 0.349 e. The zero-order valence-electron chi connectivity index (χ0n) is 10.4. The molecule has 0 atom stereocenters. The Morgan fingerprint density at radius 3 is 3.05 bits per heavy atom. The van der Waals surface area contributed by atoms with Gasteiger partial charge in [-0.25, -0.2) is 14.3 Å². The molecule has 20 heavy (non-hydrogen) atoms. The topological polar surface area (TPSA) is 98.3 Å². The minimum absolute atomic E-state index is 0.332. The first kappa shape index (κ1) is 12.7. The summed E-state index contributed by atoms with van der Waals surface area (Å²) in [5.41, 5.74) is 6.46. The zero-order chi connectivity index (χ0) is 14.3. The average Bonchev–Trinajstić information content (AvgIpc) is 2.77. The summed E-state index contributed by atoms with van der Waals surface area (Å²) >= 11 is 3.36. The van der Waals surface area contributed by atoms with Gasteiger partial charge in [-0.1, -0.05) is 6.07 Å². The maximum Gasteiger partial charge on any atom is 0.349 e. The Morgan fingerprint density at radius 1 is 1.45 bits per heavy atom. The van der Waals surface area contributed by atoms with E-state index in [1.54, 1.807) is 31.2 Å². The largest absolute Gasteiger partial charge is 0.438 e. The first-order chi connectivity index (χ1) is 9.56. The highest BCUT2D eigenvalue weighted by Crippen LogP contribution is 2.33. The maximum atomic E-state index is 11.5. The Balaban J connectivity index is 2.07. The van der Waals surface area contributed by atoms with Crippen molar-refractivity contribution in [2.24, 2.45) is 0 Å². The second-order valence-electron chi connectivity index (χ2n) is 4.13. The molecular weight excluding hydrogens is 326 g/mol. The lowest BCUT2D eigenvalue weighted by molar-refractivity contribution is 0.457. The van der Waals surface area contributed by atoms with Crippen LogP contribution in [0.3, 0.4) is 0 Å². The number of anilines is 1. The number of hydrogen-bond donors (Lipinski definition) is 2. The van der Waals surface area contributed by atoms with Gasteiger partial charge in [0.05, 0.1) is 4.47 Å². The molecule has 0 saturated carbocycles. The molecule has 0 bridgehead atoms. The Kier molecular flexibility index (Phi) is 2.94. The van der Waals surface area contributed by atoms with Crippen LogP contribution in [0.5, 0.6) is 11.6 Å². The van der Waals surface area contributed by atoms with E-state index in [1.807, 2.05) is 0 Å². The number of aromatic nitrogens is 4. The quantitative estimate of drug-likeness (QED) is 0.696. The van der Waals surface area contributed by atoms with Gasteiger partial charge < -0.3 is 10.5 Å². The number of rotatable bonds is 2. The lowest BCUT2D eigenvalue weighted by Crippen LogP contribution is -2.13. The molecule has 3 aromatic rings. The Bertz CT molecular complexity index is 855. The predicted molar refractivity (Wildman–Crippen MR) is 77.0 cm³/mol. The molecule has 0 aliphatic rings. The SMILES string of the molecule is Cc1nc(Oc2cccc(N)c2Br)cc2n[nH]c(=O)n12. The van der Waals surface area contributed by atoms with Crippen LogP contribution < -0.4 is 16.2 Å². The molecule has 7 nitrogen and oxygen atoms in total. The molecule has 8 heteroatoms. The van der Waals surface area contributed by atoms with Gasteiger partial charge in [-0.05, 0) is 35.0 Å². The summed E-state index contributed by atoms with van der Waals surface area (Å²) in [5, 5.41) is 6.25. The molecule has 0 aliphatic heterocycles. The van der Waals surface area contributed by atoms with Gasteiger partial charge in [-0.2, -0.15) is 10.1 Å². The average molecular weight is 336 g/mol. The summed E-state index contributed by atoms with van der Waals surface area (Å²) in [6.07, 6.45) is 0.